The third-order valence-corrected chi connectivity index (χ3v) is 6.01. The van der Waals surface area contributed by atoms with Crippen LogP contribution in [0.3, 0.4) is 0 Å². The minimum absolute atomic E-state index is 0.188. The van der Waals surface area contributed by atoms with Gasteiger partial charge in [-0.3, -0.25) is 9.59 Å². The van der Waals surface area contributed by atoms with E-state index < -0.39 is 12.1 Å². The Balaban J connectivity index is 1.95. The van der Waals surface area contributed by atoms with E-state index in [4.69, 9.17) is 23.2 Å². The van der Waals surface area contributed by atoms with Gasteiger partial charge in [0.1, 0.15) is 11.8 Å². The lowest BCUT2D eigenvalue weighted by Gasteiger charge is -2.31. The van der Waals surface area contributed by atoms with Crippen molar-refractivity contribution in [1.29, 1.82) is 0 Å². The quantitative estimate of drug-likeness (QED) is 0.355. The molecular weight excluding hydrogens is 443 g/mol. The lowest BCUT2D eigenvalue weighted by atomic mass is 9.87. The molecule has 0 aromatic heterocycles. The zero-order valence-electron chi connectivity index (χ0n) is 17.2. The fraction of sp³-hybridized carbons (Fsp3) is 0.154. The van der Waals surface area contributed by atoms with Gasteiger partial charge in [0, 0.05) is 0 Å². The second-order valence-electron chi connectivity index (χ2n) is 7.49. The Bertz CT molecular complexity index is 1170. The van der Waals surface area contributed by atoms with Crippen LogP contribution in [0.2, 0.25) is 0 Å². The normalized spacial score (nSPS) is 12.9. The van der Waals surface area contributed by atoms with Crippen LogP contribution < -0.4 is 10.6 Å². The van der Waals surface area contributed by atoms with Crippen LogP contribution in [0.5, 0.6) is 0 Å². The minimum Gasteiger partial charge on any atom is -0.346 e. The van der Waals surface area contributed by atoms with Gasteiger partial charge in [-0.15, -0.1) is 23.2 Å². The van der Waals surface area contributed by atoms with Crippen LogP contribution in [0, 0.1) is 0 Å². The summed E-state index contributed by atoms with van der Waals surface area (Å²) in [6.45, 7) is 0. The van der Waals surface area contributed by atoms with Crippen molar-refractivity contribution in [3.05, 3.63) is 96.1 Å². The molecule has 4 aromatic rings. The van der Waals surface area contributed by atoms with Gasteiger partial charge < -0.3 is 10.6 Å². The van der Waals surface area contributed by atoms with Gasteiger partial charge in [-0.1, -0.05) is 84.9 Å². The standard InChI is InChI=1S/C26H22Cl2N2O2/c27-15-23(31)29-25(21-13-5-9-17-7-1-3-11-19(17)21)26(30-24(32)16-28)22-14-6-10-18-8-2-4-12-20(18)22/h1-14,25-26H,15-16H2,(H,29,31)(H,30,32)/t25-,26-/m0/s1. The highest BCUT2D eigenvalue weighted by atomic mass is 35.5. The first-order chi connectivity index (χ1) is 15.6. The molecule has 162 valence electrons. The molecule has 0 saturated heterocycles. The number of alkyl halides is 2. The molecule has 0 radical (unpaired) electrons. The summed E-state index contributed by atoms with van der Waals surface area (Å²) in [5.41, 5.74) is 1.77. The first-order valence-corrected chi connectivity index (χ1v) is 11.3. The maximum absolute atomic E-state index is 12.5. The molecule has 2 amide bonds. The first-order valence-electron chi connectivity index (χ1n) is 10.3. The van der Waals surface area contributed by atoms with Crippen molar-refractivity contribution in [1.82, 2.24) is 10.6 Å². The molecule has 4 aromatic carbocycles. The molecule has 4 rings (SSSR count). The number of nitrogens with one attached hydrogen (secondary N) is 2. The molecule has 2 N–H and O–H groups in total. The van der Waals surface area contributed by atoms with Gasteiger partial charge in [-0.05, 0) is 32.7 Å². The SMILES string of the molecule is O=C(CCl)N[C@@H](c1cccc2ccccc12)[C@@H](NC(=O)CCl)c1cccc2ccccc12. The number of benzene rings is 4. The lowest BCUT2D eigenvalue weighted by Crippen LogP contribution is -2.41. The second-order valence-corrected chi connectivity index (χ2v) is 8.03. The monoisotopic (exact) mass is 464 g/mol. The maximum Gasteiger partial charge on any atom is 0.235 e. The molecule has 0 aliphatic heterocycles. The highest BCUT2D eigenvalue weighted by molar-refractivity contribution is 6.27. The Morgan fingerprint density at radius 2 is 0.969 bits per heavy atom. The van der Waals surface area contributed by atoms with E-state index in [1.807, 2.05) is 84.9 Å². The van der Waals surface area contributed by atoms with Crippen molar-refractivity contribution >= 4 is 56.6 Å². The van der Waals surface area contributed by atoms with E-state index in [1.165, 1.54) is 0 Å². The number of fused-ring (bicyclic) bond motifs is 2. The molecular formula is C26H22Cl2N2O2. The third kappa shape index (κ3) is 4.57. The van der Waals surface area contributed by atoms with Gasteiger partial charge >= 0.3 is 0 Å². The number of rotatable bonds is 7. The number of amides is 2. The van der Waals surface area contributed by atoms with Crippen LogP contribution in [0.15, 0.2) is 84.9 Å². The molecule has 0 saturated carbocycles. The fourth-order valence-electron chi connectivity index (χ4n) is 4.15. The zero-order chi connectivity index (χ0) is 22.5. The summed E-state index contributed by atoms with van der Waals surface area (Å²) < 4.78 is 0. The van der Waals surface area contributed by atoms with Gasteiger partial charge in [0.15, 0.2) is 0 Å². The molecule has 0 bridgehead atoms. The average molecular weight is 465 g/mol. The fourth-order valence-corrected chi connectivity index (χ4v) is 4.30. The van der Waals surface area contributed by atoms with Crippen LogP contribution in [-0.4, -0.2) is 23.6 Å². The summed E-state index contributed by atoms with van der Waals surface area (Å²) in [7, 11) is 0. The molecule has 0 spiro atoms. The van der Waals surface area contributed by atoms with E-state index in [1.54, 1.807) is 0 Å². The molecule has 32 heavy (non-hydrogen) atoms. The Hall–Kier alpha value is -3.08. The molecule has 0 unspecified atom stereocenters. The average Bonchev–Trinajstić information content (AvgIpc) is 2.85. The molecule has 0 heterocycles. The summed E-state index contributed by atoms with van der Waals surface area (Å²) in [5.74, 6) is -1.02. The molecule has 2 atom stereocenters. The zero-order valence-corrected chi connectivity index (χ0v) is 18.7. The van der Waals surface area contributed by atoms with Crippen LogP contribution >= 0.6 is 23.2 Å². The molecule has 0 fully saturated rings. The summed E-state index contributed by atoms with van der Waals surface area (Å²) in [6.07, 6.45) is 0. The van der Waals surface area contributed by atoms with Crippen molar-refractivity contribution < 1.29 is 9.59 Å². The number of hydrogen-bond donors (Lipinski definition) is 2. The van der Waals surface area contributed by atoms with Crippen molar-refractivity contribution in [2.24, 2.45) is 0 Å². The first kappa shape index (κ1) is 22.1. The predicted molar refractivity (Wildman–Crippen MR) is 131 cm³/mol. The summed E-state index contributed by atoms with van der Waals surface area (Å²) in [4.78, 5) is 25.0. The highest BCUT2D eigenvalue weighted by Gasteiger charge is 2.30. The Kier molecular flexibility index (Phi) is 6.93. The summed E-state index contributed by atoms with van der Waals surface area (Å²) in [6, 6.07) is 26.6. The molecule has 0 aliphatic carbocycles. The number of carbonyl (C=O) groups excluding carboxylic acids is 2. The van der Waals surface area contributed by atoms with E-state index in [-0.39, 0.29) is 23.6 Å². The van der Waals surface area contributed by atoms with Gasteiger partial charge in [0.2, 0.25) is 11.8 Å². The topological polar surface area (TPSA) is 58.2 Å². The molecule has 0 aliphatic rings. The van der Waals surface area contributed by atoms with E-state index in [0.717, 1.165) is 32.7 Å². The Labute approximate surface area is 196 Å². The number of carbonyl (C=O) groups is 2. The highest BCUT2D eigenvalue weighted by Crippen LogP contribution is 2.36. The van der Waals surface area contributed by atoms with Gasteiger partial charge in [-0.25, -0.2) is 0 Å². The molecule has 6 heteroatoms. The number of halogens is 2. The van der Waals surface area contributed by atoms with E-state index in [0.29, 0.717) is 0 Å². The van der Waals surface area contributed by atoms with Crippen LogP contribution in [-0.2, 0) is 9.59 Å². The largest absolute Gasteiger partial charge is 0.346 e. The maximum atomic E-state index is 12.5. The van der Waals surface area contributed by atoms with Crippen molar-refractivity contribution in [2.75, 3.05) is 11.8 Å². The summed E-state index contributed by atoms with van der Waals surface area (Å²) in [5, 5.41) is 10.1. The van der Waals surface area contributed by atoms with E-state index in [2.05, 4.69) is 10.6 Å². The van der Waals surface area contributed by atoms with E-state index in [9.17, 15) is 9.59 Å². The molecule has 4 nitrogen and oxygen atoms in total. The Morgan fingerprint density at radius 3 is 1.38 bits per heavy atom. The van der Waals surface area contributed by atoms with E-state index >= 15 is 0 Å². The second kappa shape index (κ2) is 10.0. The van der Waals surface area contributed by atoms with Gasteiger partial charge in [0.05, 0.1) is 12.1 Å². The lowest BCUT2D eigenvalue weighted by molar-refractivity contribution is -0.122. The van der Waals surface area contributed by atoms with Crippen molar-refractivity contribution in [2.45, 2.75) is 12.1 Å². The predicted octanol–water partition coefficient (Wildman–Crippen LogP) is 5.49. The smallest absolute Gasteiger partial charge is 0.235 e. The summed E-state index contributed by atoms with van der Waals surface area (Å²) >= 11 is 11.7. The van der Waals surface area contributed by atoms with Gasteiger partial charge in [-0.2, -0.15) is 0 Å². The van der Waals surface area contributed by atoms with Gasteiger partial charge in [0.25, 0.3) is 0 Å². The van der Waals surface area contributed by atoms with Crippen LogP contribution in [0.4, 0.5) is 0 Å². The number of hydrogen-bond acceptors (Lipinski definition) is 2. The van der Waals surface area contributed by atoms with Crippen LogP contribution in [0.25, 0.3) is 21.5 Å². The van der Waals surface area contributed by atoms with Crippen molar-refractivity contribution in [3.63, 3.8) is 0 Å². The third-order valence-electron chi connectivity index (χ3n) is 5.53. The minimum atomic E-state index is -0.565. The Morgan fingerprint density at radius 1 is 0.594 bits per heavy atom. The van der Waals surface area contributed by atoms with Crippen LogP contribution in [0.1, 0.15) is 23.2 Å². The van der Waals surface area contributed by atoms with Crippen molar-refractivity contribution in [3.8, 4) is 0 Å².